The summed E-state index contributed by atoms with van der Waals surface area (Å²) in [5.74, 6) is 1.20. The van der Waals surface area contributed by atoms with Crippen LogP contribution in [0.1, 0.15) is 91.9 Å². The van der Waals surface area contributed by atoms with E-state index in [9.17, 15) is 0 Å². The summed E-state index contributed by atoms with van der Waals surface area (Å²) in [4.78, 5) is 0. The lowest BCUT2D eigenvalue weighted by atomic mass is 9.86. The largest absolute Gasteiger partial charge is 0.516 e. The molecule has 0 saturated heterocycles. The monoisotopic (exact) mass is 268 g/mol. The maximum Gasteiger partial charge on any atom is 0.0783 e. The van der Waals surface area contributed by atoms with Gasteiger partial charge in [-0.2, -0.15) is 0 Å². The van der Waals surface area contributed by atoms with Gasteiger partial charge in [-0.3, -0.25) is 0 Å². The highest BCUT2D eigenvalue weighted by molar-refractivity contribution is 4.98. The van der Waals surface area contributed by atoms with Crippen molar-refractivity contribution >= 4 is 0 Å². The fourth-order valence-electron chi connectivity index (χ4n) is 2.59. The predicted molar refractivity (Wildman–Crippen MR) is 86.6 cm³/mol. The van der Waals surface area contributed by atoms with Crippen molar-refractivity contribution in [3.63, 3.8) is 0 Å². The molecule has 0 aliphatic rings. The summed E-state index contributed by atoms with van der Waals surface area (Å²) in [6, 6.07) is 0. The lowest BCUT2D eigenvalue weighted by Gasteiger charge is -2.19. The van der Waals surface area contributed by atoms with Gasteiger partial charge < -0.3 is 5.11 Å². The van der Waals surface area contributed by atoms with Crippen LogP contribution in [0, 0.1) is 11.8 Å². The molecule has 0 rings (SSSR count). The molecule has 0 bridgehead atoms. The van der Waals surface area contributed by atoms with Gasteiger partial charge in [-0.15, -0.1) is 0 Å². The number of aliphatic hydroxyl groups is 1. The van der Waals surface area contributed by atoms with E-state index in [1.807, 2.05) is 6.92 Å². The maximum absolute atomic E-state index is 9.02. The average molecular weight is 268 g/mol. The number of aliphatic hydroxyl groups excluding tert-OH is 1. The van der Waals surface area contributed by atoms with Crippen LogP contribution in [0.15, 0.2) is 11.8 Å². The average Bonchev–Trinajstić information content (AvgIpc) is 2.43. The van der Waals surface area contributed by atoms with Crippen molar-refractivity contribution in [1.29, 1.82) is 0 Å². The molecule has 2 unspecified atom stereocenters. The van der Waals surface area contributed by atoms with Crippen LogP contribution in [-0.2, 0) is 0 Å². The first-order chi connectivity index (χ1) is 9.13. The van der Waals surface area contributed by atoms with E-state index in [1.165, 1.54) is 70.5 Å². The van der Waals surface area contributed by atoms with E-state index >= 15 is 0 Å². The Kier molecular flexibility index (Phi) is 12.3. The van der Waals surface area contributed by atoms with Crippen LogP contribution in [-0.4, -0.2) is 5.11 Å². The van der Waals surface area contributed by atoms with Crippen LogP contribution in [0.2, 0.25) is 0 Å². The van der Waals surface area contributed by atoms with Crippen molar-refractivity contribution in [2.45, 2.75) is 91.9 Å². The van der Waals surface area contributed by atoms with E-state index < -0.39 is 0 Å². The second-order valence-corrected chi connectivity index (χ2v) is 6.26. The Hall–Kier alpha value is -0.460. The van der Waals surface area contributed by atoms with Crippen molar-refractivity contribution in [3.05, 3.63) is 11.8 Å². The number of hydrogen-bond donors (Lipinski definition) is 1. The Bertz CT molecular complexity index is 220. The van der Waals surface area contributed by atoms with E-state index in [1.54, 1.807) is 0 Å². The fourth-order valence-corrected chi connectivity index (χ4v) is 2.59. The molecular weight excluding hydrogens is 232 g/mol. The third-order valence-electron chi connectivity index (χ3n) is 4.54. The Morgan fingerprint density at radius 2 is 1.37 bits per heavy atom. The summed E-state index contributed by atoms with van der Waals surface area (Å²) in [5, 5.41) is 9.02. The van der Waals surface area contributed by atoms with E-state index in [4.69, 9.17) is 5.11 Å². The fraction of sp³-hybridized carbons (Fsp3) is 0.889. The number of allylic oxidation sites excluding steroid dienone is 1. The molecule has 0 aliphatic heterocycles. The first-order valence-electron chi connectivity index (χ1n) is 8.44. The minimum absolute atomic E-state index is 0.513. The highest BCUT2D eigenvalue weighted by atomic mass is 16.2. The third kappa shape index (κ3) is 10.0. The van der Waals surface area contributed by atoms with Crippen LogP contribution in [0.25, 0.3) is 0 Å². The second-order valence-electron chi connectivity index (χ2n) is 6.26. The van der Waals surface area contributed by atoms with Crippen molar-refractivity contribution in [1.82, 2.24) is 0 Å². The molecular formula is C18H36O. The van der Waals surface area contributed by atoms with Crippen LogP contribution < -0.4 is 0 Å². The summed E-state index contributed by atoms with van der Waals surface area (Å²) in [7, 11) is 0. The quantitative estimate of drug-likeness (QED) is 0.310. The number of rotatable bonds is 12. The summed E-state index contributed by atoms with van der Waals surface area (Å²) in [6.07, 6.45) is 15.2. The van der Waals surface area contributed by atoms with E-state index in [0.717, 1.165) is 5.57 Å². The highest BCUT2D eigenvalue weighted by Gasteiger charge is 2.13. The zero-order chi connectivity index (χ0) is 14.5. The third-order valence-corrected chi connectivity index (χ3v) is 4.54. The van der Waals surface area contributed by atoms with Gasteiger partial charge >= 0.3 is 0 Å². The Labute approximate surface area is 121 Å². The molecule has 114 valence electrons. The molecule has 0 spiro atoms. The number of hydrogen-bond acceptors (Lipinski definition) is 1. The van der Waals surface area contributed by atoms with Crippen LogP contribution in [0.4, 0.5) is 0 Å². The molecule has 0 aromatic carbocycles. The molecule has 1 heteroatoms. The molecule has 0 radical (unpaired) electrons. The lowest BCUT2D eigenvalue weighted by Crippen LogP contribution is -2.09. The second kappa shape index (κ2) is 12.6. The molecule has 19 heavy (non-hydrogen) atoms. The molecule has 0 aliphatic carbocycles. The first-order valence-corrected chi connectivity index (χ1v) is 8.44. The smallest absolute Gasteiger partial charge is 0.0783 e. The summed E-state index contributed by atoms with van der Waals surface area (Å²) >= 11 is 0. The highest BCUT2D eigenvalue weighted by Crippen LogP contribution is 2.24. The molecule has 1 N–H and O–H groups in total. The van der Waals surface area contributed by atoms with E-state index in [0.29, 0.717) is 11.8 Å². The molecule has 0 saturated carbocycles. The normalized spacial score (nSPS) is 15.5. The van der Waals surface area contributed by atoms with E-state index in [-0.39, 0.29) is 0 Å². The number of unbranched alkanes of at least 4 members (excludes halogenated alkanes) is 8. The van der Waals surface area contributed by atoms with Crippen LogP contribution in [0.3, 0.4) is 0 Å². The standard InChI is InChI=1S/C18H36O/c1-5-6-7-8-9-10-11-12-13-14-16(2)18(4)17(3)15-19/h15-16,18-19H,5-14H2,1-4H3/b17-15+. The molecule has 0 heterocycles. The minimum atomic E-state index is 0.513. The van der Waals surface area contributed by atoms with Gasteiger partial charge in [-0.25, -0.2) is 0 Å². The summed E-state index contributed by atoms with van der Waals surface area (Å²) in [6.45, 7) is 8.83. The zero-order valence-electron chi connectivity index (χ0n) is 13.8. The molecule has 1 nitrogen and oxygen atoms in total. The van der Waals surface area contributed by atoms with Gasteiger partial charge in [-0.05, 0) is 24.3 Å². The van der Waals surface area contributed by atoms with Gasteiger partial charge in [0.1, 0.15) is 0 Å². The van der Waals surface area contributed by atoms with Crippen molar-refractivity contribution in [2.75, 3.05) is 0 Å². The van der Waals surface area contributed by atoms with Gasteiger partial charge in [0, 0.05) is 0 Å². The lowest BCUT2D eigenvalue weighted by molar-refractivity contribution is 0.374. The van der Waals surface area contributed by atoms with Crippen molar-refractivity contribution in [2.24, 2.45) is 11.8 Å². The van der Waals surface area contributed by atoms with Crippen molar-refractivity contribution < 1.29 is 5.11 Å². The molecule has 0 aromatic rings. The Morgan fingerprint density at radius 3 is 1.84 bits per heavy atom. The van der Waals surface area contributed by atoms with Gasteiger partial charge in [0.2, 0.25) is 0 Å². The maximum atomic E-state index is 9.02. The van der Waals surface area contributed by atoms with Gasteiger partial charge in [0.25, 0.3) is 0 Å². The minimum Gasteiger partial charge on any atom is -0.516 e. The van der Waals surface area contributed by atoms with Crippen LogP contribution in [0.5, 0.6) is 0 Å². The van der Waals surface area contributed by atoms with Crippen molar-refractivity contribution in [3.8, 4) is 0 Å². The summed E-state index contributed by atoms with van der Waals surface area (Å²) < 4.78 is 0. The Balaban J connectivity index is 3.39. The first kappa shape index (κ1) is 18.5. The Morgan fingerprint density at radius 1 is 0.895 bits per heavy atom. The topological polar surface area (TPSA) is 20.2 Å². The van der Waals surface area contributed by atoms with Gasteiger partial charge in [-0.1, -0.05) is 85.0 Å². The molecule has 0 amide bonds. The molecule has 0 fully saturated rings. The SMILES string of the molecule is CCCCCCCCCCCC(C)C(C)/C(C)=C/O. The predicted octanol–water partition coefficient (Wildman–Crippen LogP) is 6.64. The molecule has 0 aromatic heterocycles. The van der Waals surface area contributed by atoms with E-state index in [2.05, 4.69) is 20.8 Å². The van der Waals surface area contributed by atoms with Gasteiger partial charge in [0.05, 0.1) is 6.26 Å². The molecule has 2 atom stereocenters. The van der Waals surface area contributed by atoms with Gasteiger partial charge in [0.15, 0.2) is 0 Å². The zero-order valence-corrected chi connectivity index (χ0v) is 13.8. The summed E-state index contributed by atoms with van der Waals surface area (Å²) in [5.41, 5.74) is 1.11. The van der Waals surface area contributed by atoms with Crippen LogP contribution >= 0.6 is 0 Å².